The van der Waals surface area contributed by atoms with Crippen molar-refractivity contribution in [2.75, 3.05) is 18.9 Å². The van der Waals surface area contributed by atoms with E-state index in [0.717, 1.165) is 30.3 Å². The number of aromatic amines is 1. The summed E-state index contributed by atoms with van der Waals surface area (Å²) in [6.07, 6.45) is 0.228. The molecule has 1 aliphatic carbocycles. The smallest absolute Gasteiger partial charge is 0.345 e. The van der Waals surface area contributed by atoms with Crippen LogP contribution in [0.15, 0.2) is 35.2 Å². The molecule has 0 bridgehead atoms. The number of hydrogen-bond donors (Lipinski definition) is 2. The Morgan fingerprint density at radius 1 is 1.39 bits per heavy atom. The Hall–Kier alpha value is -2.77. The molecule has 0 unspecified atom stereocenters. The van der Waals surface area contributed by atoms with Gasteiger partial charge in [0.25, 0.3) is 0 Å². The van der Waals surface area contributed by atoms with Crippen molar-refractivity contribution in [2.45, 2.75) is 38.8 Å². The third-order valence-corrected chi connectivity index (χ3v) is 5.27. The van der Waals surface area contributed by atoms with Gasteiger partial charge in [-0.2, -0.15) is 13.2 Å². The number of amides is 1. The van der Waals surface area contributed by atoms with Gasteiger partial charge in [0.1, 0.15) is 11.5 Å². The minimum Gasteiger partial charge on any atom is -0.345 e. The van der Waals surface area contributed by atoms with Crippen LogP contribution >= 0.6 is 0 Å². The zero-order chi connectivity index (χ0) is 20.2. The van der Waals surface area contributed by atoms with Crippen molar-refractivity contribution in [1.29, 1.82) is 0 Å². The van der Waals surface area contributed by atoms with Gasteiger partial charge in [0, 0.05) is 36.4 Å². The maximum Gasteiger partial charge on any atom is 0.418 e. The average molecular weight is 390 g/mol. The summed E-state index contributed by atoms with van der Waals surface area (Å²) in [6, 6.07) is 1.72. The lowest BCUT2D eigenvalue weighted by Gasteiger charge is -2.12. The third kappa shape index (κ3) is 3.27. The van der Waals surface area contributed by atoms with Crippen molar-refractivity contribution in [1.82, 2.24) is 14.9 Å². The lowest BCUT2D eigenvalue weighted by atomic mass is 10.0. The number of carbonyl (C=O) groups excluding carboxylic acids is 1. The second-order valence-corrected chi connectivity index (χ2v) is 7.56. The van der Waals surface area contributed by atoms with E-state index >= 15 is 0 Å². The fourth-order valence-corrected chi connectivity index (χ4v) is 3.69. The Morgan fingerprint density at radius 2 is 2.11 bits per heavy atom. The summed E-state index contributed by atoms with van der Waals surface area (Å²) in [5, 5.41) is 3.34. The number of rotatable bonds is 4. The molecule has 1 saturated carbocycles. The predicted octanol–water partition coefficient (Wildman–Crippen LogP) is 4.56. The number of alkyl halides is 3. The molecule has 1 amide bonds. The molecule has 148 valence electrons. The molecule has 1 fully saturated rings. The monoisotopic (exact) mass is 390 g/mol. The highest BCUT2D eigenvalue weighted by Gasteiger charge is 2.37. The van der Waals surface area contributed by atoms with Crippen LogP contribution in [-0.4, -0.2) is 34.4 Å². The van der Waals surface area contributed by atoms with Gasteiger partial charge in [-0.1, -0.05) is 0 Å². The number of nitrogens with one attached hydrogen (secondary N) is 2. The molecule has 0 radical (unpaired) electrons. The number of fused-ring (bicyclic) bond motifs is 1. The lowest BCUT2D eigenvalue weighted by molar-refractivity contribution is -0.136. The van der Waals surface area contributed by atoms with Gasteiger partial charge in [0.05, 0.1) is 5.56 Å². The molecule has 8 heteroatoms. The fraction of sp³-hybridized carbons (Fsp3) is 0.400. The number of aromatic nitrogens is 2. The van der Waals surface area contributed by atoms with Crippen LogP contribution in [0.2, 0.25) is 0 Å². The topological polar surface area (TPSA) is 61.0 Å². The highest BCUT2D eigenvalue weighted by Crippen LogP contribution is 2.47. The number of pyridine rings is 1. The maximum absolute atomic E-state index is 13.3. The zero-order valence-electron chi connectivity index (χ0n) is 15.9. The highest BCUT2D eigenvalue weighted by atomic mass is 19.4. The second kappa shape index (κ2) is 6.39. The molecule has 2 aromatic rings. The number of H-pyrrole nitrogens is 1. The number of halogens is 3. The van der Waals surface area contributed by atoms with Gasteiger partial charge in [0.2, 0.25) is 5.91 Å². The second-order valence-electron chi connectivity index (χ2n) is 7.56. The number of anilines is 1. The van der Waals surface area contributed by atoms with Crippen LogP contribution in [0.1, 0.15) is 43.7 Å². The van der Waals surface area contributed by atoms with Crippen molar-refractivity contribution >= 4 is 22.8 Å². The van der Waals surface area contributed by atoms with Gasteiger partial charge >= 0.3 is 6.18 Å². The number of allylic oxidation sites excluding steroid dienone is 1. The summed E-state index contributed by atoms with van der Waals surface area (Å²) >= 11 is 0. The summed E-state index contributed by atoms with van der Waals surface area (Å²) in [5.41, 5.74) is 2.64. The molecule has 28 heavy (non-hydrogen) atoms. The normalized spacial score (nSPS) is 18.6. The van der Waals surface area contributed by atoms with Gasteiger partial charge in [-0.05, 0) is 55.9 Å². The van der Waals surface area contributed by atoms with Crippen LogP contribution in [-0.2, 0) is 11.0 Å². The van der Waals surface area contributed by atoms with E-state index in [1.165, 1.54) is 0 Å². The largest absolute Gasteiger partial charge is 0.418 e. The predicted molar refractivity (Wildman–Crippen MR) is 101 cm³/mol. The van der Waals surface area contributed by atoms with Crippen molar-refractivity contribution in [2.24, 2.45) is 0 Å². The first-order chi connectivity index (χ1) is 13.1. The Kier molecular flexibility index (Phi) is 4.24. The summed E-state index contributed by atoms with van der Waals surface area (Å²) in [4.78, 5) is 20.6. The van der Waals surface area contributed by atoms with Crippen LogP contribution in [0.3, 0.4) is 0 Å². The first-order valence-electron chi connectivity index (χ1n) is 9.15. The Morgan fingerprint density at radius 3 is 2.68 bits per heavy atom. The van der Waals surface area contributed by atoms with E-state index in [1.54, 1.807) is 24.9 Å². The molecule has 3 heterocycles. The molecular formula is C20H21F3N4O. The molecule has 2 N–H and O–H groups in total. The minimum absolute atomic E-state index is 0.000630. The SMILES string of the molecule is CC1=C(/C=C(\C)Nc2cc(C3CC3)c3c(C(F)(F)F)c[nH]c3n2)CN(C)C1=O. The molecule has 5 nitrogen and oxygen atoms in total. The first kappa shape index (κ1) is 18.6. The molecule has 0 aromatic carbocycles. The Labute approximate surface area is 160 Å². The summed E-state index contributed by atoms with van der Waals surface area (Å²) in [7, 11) is 1.75. The minimum atomic E-state index is -4.42. The fourth-order valence-electron chi connectivity index (χ4n) is 3.69. The molecule has 0 atom stereocenters. The van der Waals surface area contributed by atoms with Gasteiger partial charge in [0.15, 0.2) is 0 Å². The van der Waals surface area contributed by atoms with Gasteiger partial charge < -0.3 is 15.2 Å². The molecule has 2 aliphatic rings. The molecule has 1 aliphatic heterocycles. The van der Waals surface area contributed by atoms with E-state index in [2.05, 4.69) is 15.3 Å². The Balaban J connectivity index is 1.69. The number of nitrogens with zero attached hydrogens (tertiary/aromatic N) is 2. The summed E-state index contributed by atoms with van der Waals surface area (Å²) < 4.78 is 40.0. The van der Waals surface area contributed by atoms with Gasteiger partial charge in [-0.3, -0.25) is 4.79 Å². The van der Waals surface area contributed by atoms with Crippen molar-refractivity contribution in [3.05, 3.63) is 46.3 Å². The van der Waals surface area contributed by atoms with Crippen molar-refractivity contribution in [3.8, 4) is 0 Å². The quantitative estimate of drug-likeness (QED) is 0.804. The number of carbonyl (C=O) groups is 1. The van der Waals surface area contributed by atoms with E-state index in [4.69, 9.17) is 0 Å². The zero-order valence-corrected chi connectivity index (χ0v) is 15.9. The first-order valence-corrected chi connectivity index (χ1v) is 9.15. The summed E-state index contributed by atoms with van der Waals surface area (Å²) in [5.74, 6) is 0.633. The summed E-state index contributed by atoms with van der Waals surface area (Å²) in [6.45, 7) is 4.18. The van der Waals surface area contributed by atoms with Gasteiger partial charge in [-0.25, -0.2) is 4.98 Å². The lowest BCUT2D eigenvalue weighted by Crippen LogP contribution is -2.21. The van der Waals surface area contributed by atoms with Crippen LogP contribution in [0.25, 0.3) is 11.0 Å². The molecule has 0 spiro atoms. The number of hydrogen-bond acceptors (Lipinski definition) is 3. The van der Waals surface area contributed by atoms with E-state index in [1.807, 2.05) is 13.0 Å². The van der Waals surface area contributed by atoms with E-state index in [0.29, 0.717) is 23.5 Å². The highest BCUT2D eigenvalue weighted by molar-refractivity contribution is 5.97. The maximum atomic E-state index is 13.3. The molecule has 2 aromatic heterocycles. The molecular weight excluding hydrogens is 369 g/mol. The van der Waals surface area contributed by atoms with E-state index < -0.39 is 11.7 Å². The van der Waals surface area contributed by atoms with Crippen LogP contribution < -0.4 is 5.32 Å². The molecule has 4 rings (SSSR count). The van der Waals surface area contributed by atoms with E-state index in [9.17, 15) is 18.0 Å². The molecule has 0 saturated heterocycles. The van der Waals surface area contributed by atoms with E-state index in [-0.39, 0.29) is 22.9 Å². The van der Waals surface area contributed by atoms with Gasteiger partial charge in [-0.15, -0.1) is 0 Å². The average Bonchev–Trinajstić information content (AvgIpc) is 3.31. The van der Waals surface area contributed by atoms with Crippen LogP contribution in [0, 0.1) is 0 Å². The van der Waals surface area contributed by atoms with Crippen LogP contribution in [0.5, 0.6) is 0 Å². The van der Waals surface area contributed by atoms with Crippen LogP contribution in [0.4, 0.5) is 19.0 Å². The standard InChI is InChI=1S/C20H21F3N4O/c1-10(6-13-9-27(3)19(28)11(13)2)25-16-7-14(12-4-5-12)17-15(20(21,22)23)8-24-18(17)26-16/h6-8,12H,4-5,9H2,1-3H3,(H2,24,25,26)/b10-6+. The number of likely N-dealkylation sites (N-methyl/N-ethyl adjacent to an activating group) is 1. The Bertz CT molecular complexity index is 1030. The third-order valence-electron chi connectivity index (χ3n) is 5.27. The van der Waals surface area contributed by atoms with Crippen molar-refractivity contribution in [3.63, 3.8) is 0 Å². The van der Waals surface area contributed by atoms with Crippen molar-refractivity contribution < 1.29 is 18.0 Å².